The molecular weight excluding hydrogens is 180 g/mol. The molecule has 0 saturated heterocycles. The summed E-state index contributed by atoms with van der Waals surface area (Å²) in [5.41, 5.74) is 3.06. The highest BCUT2D eigenvalue weighted by atomic mass is 14.1. The van der Waals surface area contributed by atoms with E-state index in [-0.39, 0.29) is 0 Å². The van der Waals surface area contributed by atoms with E-state index in [2.05, 4.69) is 53.7 Å². The van der Waals surface area contributed by atoms with Crippen molar-refractivity contribution in [2.75, 3.05) is 0 Å². The van der Waals surface area contributed by atoms with Crippen molar-refractivity contribution in [3.63, 3.8) is 0 Å². The summed E-state index contributed by atoms with van der Waals surface area (Å²) in [6.45, 7) is 13.6. The van der Waals surface area contributed by atoms with Gasteiger partial charge in [0.1, 0.15) is 0 Å². The van der Waals surface area contributed by atoms with Gasteiger partial charge in [-0.3, -0.25) is 0 Å². The van der Waals surface area contributed by atoms with Crippen LogP contribution in [-0.2, 0) is 0 Å². The zero-order chi connectivity index (χ0) is 11.8. The number of allylic oxidation sites excluding steroid dienone is 4. The van der Waals surface area contributed by atoms with Crippen molar-refractivity contribution in [1.29, 1.82) is 0 Å². The first-order chi connectivity index (χ1) is 6.97. The van der Waals surface area contributed by atoms with E-state index in [1.54, 1.807) is 5.57 Å². The molecule has 1 atom stereocenters. The number of hydrogen-bond donors (Lipinski definition) is 0. The molecule has 1 unspecified atom stereocenters. The Balaban J connectivity index is 4.09. The van der Waals surface area contributed by atoms with Crippen LogP contribution in [-0.4, -0.2) is 0 Å². The third-order valence-electron chi connectivity index (χ3n) is 3.07. The largest absolute Gasteiger partial charge is 0.0851 e. The fourth-order valence-corrected chi connectivity index (χ4v) is 1.33. The van der Waals surface area contributed by atoms with E-state index in [1.165, 1.54) is 24.8 Å². The van der Waals surface area contributed by atoms with Crippen molar-refractivity contribution in [3.05, 3.63) is 23.3 Å². The van der Waals surface area contributed by atoms with Crippen molar-refractivity contribution in [2.45, 2.75) is 60.8 Å². The van der Waals surface area contributed by atoms with Crippen LogP contribution in [0, 0.1) is 11.8 Å². The summed E-state index contributed by atoms with van der Waals surface area (Å²) in [6.07, 6.45) is 8.38. The molecule has 0 radical (unpaired) electrons. The molecule has 0 nitrogen and oxygen atoms in total. The van der Waals surface area contributed by atoms with Crippen LogP contribution in [0.4, 0.5) is 0 Å². The van der Waals surface area contributed by atoms with Crippen molar-refractivity contribution in [2.24, 2.45) is 11.8 Å². The first-order valence-corrected chi connectivity index (χ1v) is 6.29. The van der Waals surface area contributed by atoms with Crippen LogP contribution in [0.15, 0.2) is 23.3 Å². The molecule has 0 aliphatic carbocycles. The lowest BCUT2D eigenvalue weighted by molar-refractivity contribution is 0.639. The van der Waals surface area contributed by atoms with E-state index in [4.69, 9.17) is 0 Å². The Bertz CT molecular complexity index is 218. The zero-order valence-corrected chi connectivity index (χ0v) is 11.4. The van der Waals surface area contributed by atoms with Gasteiger partial charge in [0, 0.05) is 0 Å². The molecule has 0 rings (SSSR count). The summed E-state index contributed by atoms with van der Waals surface area (Å²) in [5.74, 6) is 1.48. The molecule has 0 N–H and O–H groups in total. The lowest BCUT2D eigenvalue weighted by Crippen LogP contribution is -1.96. The zero-order valence-electron chi connectivity index (χ0n) is 11.4. The summed E-state index contributed by atoms with van der Waals surface area (Å²) in [4.78, 5) is 0. The highest BCUT2D eigenvalue weighted by Crippen LogP contribution is 2.18. The number of hydrogen-bond acceptors (Lipinski definition) is 0. The molecule has 0 saturated carbocycles. The van der Waals surface area contributed by atoms with Crippen molar-refractivity contribution < 1.29 is 0 Å². The Morgan fingerprint density at radius 3 is 2.07 bits per heavy atom. The Morgan fingerprint density at radius 2 is 1.60 bits per heavy atom. The van der Waals surface area contributed by atoms with Gasteiger partial charge in [-0.05, 0) is 44.9 Å². The van der Waals surface area contributed by atoms with Gasteiger partial charge in [-0.15, -0.1) is 0 Å². The van der Waals surface area contributed by atoms with Crippen LogP contribution < -0.4 is 0 Å². The molecule has 0 aromatic rings. The normalized spacial score (nSPS) is 15.9. The minimum atomic E-state index is 0.699. The van der Waals surface area contributed by atoms with Crippen LogP contribution >= 0.6 is 0 Å². The van der Waals surface area contributed by atoms with Crippen LogP contribution in [0.25, 0.3) is 0 Å². The van der Waals surface area contributed by atoms with Crippen LogP contribution in [0.1, 0.15) is 60.8 Å². The van der Waals surface area contributed by atoms with E-state index in [1.807, 2.05) is 0 Å². The van der Waals surface area contributed by atoms with Gasteiger partial charge in [0.25, 0.3) is 0 Å². The van der Waals surface area contributed by atoms with E-state index in [9.17, 15) is 0 Å². The fourth-order valence-electron chi connectivity index (χ4n) is 1.33. The smallest absolute Gasteiger partial charge is 0.0200 e. The van der Waals surface area contributed by atoms with Crippen LogP contribution in [0.5, 0.6) is 0 Å². The van der Waals surface area contributed by atoms with Gasteiger partial charge in [0.2, 0.25) is 0 Å². The van der Waals surface area contributed by atoms with Gasteiger partial charge in [0.15, 0.2) is 0 Å². The van der Waals surface area contributed by atoms with Gasteiger partial charge < -0.3 is 0 Å². The molecule has 0 aliphatic heterocycles. The third-order valence-corrected chi connectivity index (χ3v) is 3.07. The molecule has 0 spiro atoms. The first-order valence-electron chi connectivity index (χ1n) is 6.29. The molecule has 0 aliphatic rings. The quantitative estimate of drug-likeness (QED) is 0.515. The molecule has 0 aromatic carbocycles. The van der Waals surface area contributed by atoms with E-state index >= 15 is 0 Å². The van der Waals surface area contributed by atoms with E-state index in [0.717, 1.165) is 5.92 Å². The summed E-state index contributed by atoms with van der Waals surface area (Å²) in [7, 11) is 0. The molecule has 0 fully saturated rings. The summed E-state index contributed by atoms with van der Waals surface area (Å²) < 4.78 is 0. The van der Waals surface area contributed by atoms with Crippen LogP contribution in [0.3, 0.4) is 0 Å². The molecule has 0 bridgehead atoms. The highest BCUT2D eigenvalue weighted by Gasteiger charge is 2.02. The van der Waals surface area contributed by atoms with Gasteiger partial charge in [-0.1, -0.05) is 51.0 Å². The second kappa shape index (κ2) is 7.73. The topological polar surface area (TPSA) is 0 Å². The Labute approximate surface area is 96.5 Å². The second-order valence-electron chi connectivity index (χ2n) is 5.12. The number of rotatable bonds is 6. The molecule has 0 heterocycles. The third kappa shape index (κ3) is 7.41. The maximum atomic E-state index is 2.41. The molecular formula is C15H28. The lowest BCUT2D eigenvalue weighted by atomic mass is 9.95. The van der Waals surface area contributed by atoms with Gasteiger partial charge in [-0.25, -0.2) is 0 Å². The average Bonchev–Trinajstić information content (AvgIpc) is 2.21. The molecule has 0 heteroatoms. The summed E-state index contributed by atoms with van der Waals surface area (Å²) >= 11 is 0. The Kier molecular flexibility index (Phi) is 7.46. The highest BCUT2D eigenvalue weighted by molar-refractivity contribution is 5.06. The van der Waals surface area contributed by atoms with E-state index in [0.29, 0.717) is 5.92 Å². The average molecular weight is 208 g/mol. The van der Waals surface area contributed by atoms with Gasteiger partial charge in [0.05, 0.1) is 0 Å². The first kappa shape index (κ1) is 14.5. The predicted molar refractivity (Wildman–Crippen MR) is 71.0 cm³/mol. The molecule has 88 valence electrons. The maximum absolute atomic E-state index is 2.41. The Hall–Kier alpha value is -0.520. The van der Waals surface area contributed by atoms with Crippen molar-refractivity contribution >= 4 is 0 Å². The second-order valence-corrected chi connectivity index (χ2v) is 5.12. The summed E-state index contributed by atoms with van der Waals surface area (Å²) in [5, 5.41) is 0. The standard InChI is InChI=1S/C15H28/c1-7-13(4)9-11-15(6)14(5)10-8-12(2)3/h9-10,12,15H,7-8,11H2,1-6H3. The van der Waals surface area contributed by atoms with Crippen LogP contribution in [0.2, 0.25) is 0 Å². The molecule has 15 heavy (non-hydrogen) atoms. The van der Waals surface area contributed by atoms with Gasteiger partial charge >= 0.3 is 0 Å². The van der Waals surface area contributed by atoms with E-state index < -0.39 is 0 Å². The maximum Gasteiger partial charge on any atom is -0.0200 e. The SMILES string of the molecule is CCC(C)=CCC(C)C(C)=CCC(C)C. The predicted octanol–water partition coefficient (Wildman–Crippen LogP) is 5.36. The van der Waals surface area contributed by atoms with Crippen molar-refractivity contribution in [1.82, 2.24) is 0 Å². The molecule has 0 amide bonds. The monoisotopic (exact) mass is 208 g/mol. The molecule has 0 aromatic heterocycles. The lowest BCUT2D eigenvalue weighted by Gasteiger charge is -2.11. The minimum Gasteiger partial charge on any atom is -0.0851 e. The summed E-state index contributed by atoms with van der Waals surface area (Å²) in [6, 6.07) is 0. The minimum absolute atomic E-state index is 0.699. The fraction of sp³-hybridized carbons (Fsp3) is 0.733. The van der Waals surface area contributed by atoms with Crippen molar-refractivity contribution in [3.8, 4) is 0 Å². The van der Waals surface area contributed by atoms with Gasteiger partial charge in [-0.2, -0.15) is 0 Å². The Morgan fingerprint density at radius 1 is 1.00 bits per heavy atom.